The summed E-state index contributed by atoms with van der Waals surface area (Å²) in [5, 5.41) is 16.8. The molecule has 0 aliphatic carbocycles. The predicted octanol–water partition coefficient (Wildman–Crippen LogP) is 0.363. The zero-order valence-corrected chi connectivity index (χ0v) is 5.91. The van der Waals surface area contributed by atoms with Crippen LogP contribution < -0.4 is 0 Å². The normalized spacial score (nSPS) is 39.3. The number of rotatable bonds is 3. The zero-order chi connectivity index (χ0) is 7.61. The molecule has 10 heavy (non-hydrogen) atoms. The second-order valence-electron chi connectivity index (χ2n) is 2.81. The zero-order valence-electron chi connectivity index (χ0n) is 5.91. The second kappa shape index (κ2) is 2.84. The first-order chi connectivity index (χ1) is 4.66. The Bertz CT molecular complexity index is 108. The summed E-state index contributed by atoms with van der Waals surface area (Å²) >= 11 is 0. The van der Waals surface area contributed by atoms with Crippen LogP contribution in [-0.2, 0) is 9.62 Å². The van der Waals surface area contributed by atoms with Crippen LogP contribution in [0.15, 0.2) is 0 Å². The van der Waals surface area contributed by atoms with E-state index in [1.807, 2.05) is 6.92 Å². The van der Waals surface area contributed by atoms with Gasteiger partial charge in [-0.25, -0.2) is 4.89 Å². The molecule has 0 radical (unpaired) electrons. The fourth-order valence-corrected chi connectivity index (χ4v) is 1.11. The molecule has 60 valence electrons. The number of aliphatic hydroxyl groups is 1. The van der Waals surface area contributed by atoms with Crippen LogP contribution in [-0.4, -0.2) is 28.9 Å². The molecule has 2 unspecified atom stereocenters. The molecule has 0 aromatic carbocycles. The minimum atomic E-state index is -0.622. The molecule has 0 saturated carbocycles. The largest absolute Gasteiger partial charge is 0.368 e. The Balaban J connectivity index is 2.15. The van der Waals surface area contributed by atoms with Crippen LogP contribution in [0, 0.1) is 0 Å². The maximum absolute atomic E-state index is 8.76. The smallest absolute Gasteiger partial charge is 0.158 e. The first-order valence-corrected chi connectivity index (χ1v) is 3.28. The van der Waals surface area contributed by atoms with E-state index in [0.29, 0.717) is 12.8 Å². The highest BCUT2D eigenvalue weighted by Gasteiger charge is 2.39. The summed E-state index contributed by atoms with van der Waals surface area (Å²) < 4.78 is 4.99. The van der Waals surface area contributed by atoms with Crippen molar-refractivity contribution in [3.8, 4) is 0 Å². The summed E-state index contributed by atoms with van der Waals surface area (Å²) in [7, 11) is 0. The lowest BCUT2D eigenvalue weighted by Gasteiger charge is -2.42. The molecular formula is C6H12O4. The van der Waals surface area contributed by atoms with Crippen molar-refractivity contribution in [3.05, 3.63) is 0 Å². The average Bonchev–Trinajstić information content (AvgIpc) is 1.81. The molecule has 0 spiro atoms. The van der Waals surface area contributed by atoms with E-state index in [-0.39, 0.29) is 12.2 Å². The van der Waals surface area contributed by atoms with Crippen LogP contribution in [0.25, 0.3) is 0 Å². The monoisotopic (exact) mass is 148 g/mol. The Morgan fingerprint density at radius 1 is 1.80 bits per heavy atom. The molecule has 1 fully saturated rings. The molecule has 0 amide bonds. The van der Waals surface area contributed by atoms with E-state index < -0.39 is 6.29 Å². The first kappa shape index (κ1) is 7.94. The third kappa shape index (κ3) is 1.67. The highest BCUT2D eigenvalue weighted by Crippen LogP contribution is 2.33. The fourth-order valence-electron chi connectivity index (χ4n) is 1.11. The topological polar surface area (TPSA) is 58.9 Å². The van der Waals surface area contributed by atoms with Crippen LogP contribution in [0.3, 0.4) is 0 Å². The fraction of sp³-hybridized carbons (Fsp3) is 1.00. The van der Waals surface area contributed by atoms with E-state index >= 15 is 0 Å². The van der Waals surface area contributed by atoms with E-state index in [0.717, 1.165) is 0 Å². The maximum Gasteiger partial charge on any atom is 0.158 e. The van der Waals surface area contributed by atoms with Crippen molar-refractivity contribution < 1.29 is 20.0 Å². The molecule has 1 heterocycles. The minimum absolute atomic E-state index is 0.253. The molecule has 4 nitrogen and oxygen atoms in total. The van der Waals surface area contributed by atoms with E-state index in [1.165, 1.54) is 0 Å². The van der Waals surface area contributed by atoms with Gasteiger partial charge in [0.1, 0.15) is 0 Å². The van der Waals surface area contributed by atoms with Crippen molar-refractivity contribution in [2.75, 3.05) is 6.61 Å². The molecule has 2 N–H and O–H groups in total. The molecule has 0 aromatic heterocycles. The van der Waals surface area contributed by atoms with Crippen molar-refractivity contribution >= 4 is 0 Å². The summed E-state index contributed by atoms with van der Waals surface area (Å²) in [6, 6.07) is 0. The molecule has 1 aliphatic rings. The van der Waals surface area contributed by atoms with Gasteiger partial charge < -0.3 is 9.84 Å². The van der Waals surface area contributed by atoms with Gasteiger partial charge in [-0.3, -0.25) is 5.26 Å². The Kier molecular flexibility index (Phi) is 2.25. The van der Waals surface area contributed by atoms with E-state index in [9.17, 15) is 0 Å². The van der Waals surface area contributed by atoms with Crippen LogP contribution in [0.4, 0.5) is 0 Å². The second-order valence-corrected chi connectivity index (χ2v) is 2.81. The average molecular weight is 148 g/mol. The van der Waals surface area contributed by atoms with Gasteiger partial charge in [0.05, 0.1) is 12.2 Å². The van der Waals surface area contributed by atoms with Gasteiger partial charge in [0.2, 0.25) is 0 Å². The molecule has 4 heteroatoms. The van der Waals surface area contributed by atoms with Crippen LogP contribution >= 0.6 is 0 Å². The van der Waals surface area contributed by atoms with Crippen molar-refractivity contribution in [2.45, 2.75) is 31.7 Å². The molecule has 0 aromatic rings. The summed E-state index contributed by atoms with van der Waals surface area (Å²) in [6.45, 7) is 2.13. The van der Waals surface area contributed by atoms with Crippen molar-refractivity contribution in [2.24, 2.45) is 0 Å². The molecule has 1 aliphatic heterocycles. The third-order valence-corrected chi connectivity index (χ3v) is 1.75. The number of hydrogen-bond donors (Lipinski definition) is 2. The van der Waals surface area contributed by atoms with Crippen molar-refractivity contribution in [1.82, 2.24) is 0 Å². The molecular weight excluding hydrogens is 136 g/mol. The van der Waals surface area contributed by atoms with Gasteiger partial charge in [0.15, 0.2) is 6.29 Å². The number of hydrogen-bond acceptors (Lipinski definition) is 4. The van der Waals surface area contributed by atoms with Crippen LogP contribution in [0.2, 0.25) is 0 Å². The highest BCUT2D eigenvalue weighted by molar-refractivity contribution is 4.84. The van der Waals surface area contributed by atoms with Crippen LogP contribution in [0.5, 0.6) is 0 Å². The number of aliphatic hydroxyl groups excluding tert-OH is 1. The van der Waals surface area contributed by atoms with E-state index in [1.54, 1.807) is 0 Å². The summed E-state index contributed by atoms with van der Waals surface area (Å²) in [5.74, 6) is 0. The van der Waals surface area contributed by atoms with Crippen molar-refractivity contribution in [3.63, 3.8) is 0 Å². The van der Waals surface area contributed by atoms with Gasteiger partial charge in [0.25, 0.3) is 0 Å². The molecule has 1 rings (SSSR count). The SMILES string of the molecule is CC1(CCOO)CC(O)O1. The molecule has 0 bridgehead atoms. The van der Waals surface area contributed by atoms with Gasteiger partial charge in [-0.2, -0.15) is 0 Å². The Morgan fingerprint density at radius 3 is 2.80 bits per heavy atom. The molecule has 1 saturated heterocycles. The van der Waals surface area contributed by atoms with Gasteiger partial charge >= 0.3 is 0 Å². The van der Waals surface area contributed by atoms with Gasteiger partial charge in [-0.15, -0.1) is 0 Å². The lowest BCUT2D eigenvalue weighted by atomic mass is 9.93. The first-order valence-electron chi connectivity index (χ1n) is 3.28. The number of ether oxygens (including phenoxy) is 1. The third-order valence-electron chi connectivity index (χ3n) is 1.75. The van der Waals surface area contributed by atoms with E-state index in [4.69, 9.17) is 15.1 Å². The summed E-state index contributed by atoms with van der Waals surface area (Å²) in [4.78, 5) is 3.89. The Labute approximate surface area is 59.3 Å². The van der Waals surface area contributed by atoms with Gasteiger partial charge in [0, 0.05) is 12.8 Å². The molecule has 2 atom stereocenters. The Morgan fingerprint density at radius 2 is 2.40 bits per heavy atom. The van der Waals surface area contributed by atoms with Crippen molar-refractivity contribution in [1.29, 1.82) is 0 Å². The quantitative estimate of drug-likeness (QED) is 0.448. The lowest BCUT2D eigenvalue weighted by molar-refractivity contribution is -0.304. The predicted molar refractivity (Wildman–Crippen MR) is 33.3 cm³/mol. The highest BCUT2D eigenvalue weighted by atomic mass is 17.1. The summed E-state index contributed by atoms with van der Waals surface area (Å²) in [5.41, 5.74) is -0.290. The standard InChI is InChI=1S/C6H12O4/c1-6(2-3-9-8)4-5(7)10-6/h5,7-8H,2-4H2,1H3. The Hall–Kier alpha value is -0.160. The van der Waals surface area contributed by atoms with Gasteiger partial charge in [-0.05, 0) is 6.92 Å². The van der Waals surface area contributed by atoms with E-state index in [2.05, 4.69) is 4.89 Å². The van der Waals surface area contributed by atoms with Gasteiger partial charge in [-0.1, -0.05) is 0 Å². The minimum Gasteiger partial charge on any atom is -0.368 e. The maximum atomic E-state index is 8.76. The lowest BCUT2D eigenvalue weighted by Crippen LogP contribution is -2.48. The summed E-state index contributed by atoms with van der Waals surface area (Å²) in [6.07, 6.45) is 0.611. The van der Waals surface area contributed by atoms with Crippen LogP contribution in [0.1, 0.15) is 19.8 Å².